The molecule has 1 unspecified atom stereocenters. The van der Waals surface area contributed by atoms with Gasteiger partial charge in [0.2, 0.25) is 0 Å². The van der Waals surface area contributed by atoms with E-state index in [1.807, 2.05) is 54.6 Å². The molecule has 0 radical (unpaired) electrons. The minimum Gasteiger partial charge on any atom is -0.396 e. The van der Waals surface area contributed by atoms with Crippen LogP contribution >= 0.6 is 0 Å². The fourth-order valence-electron chi connectivity index (χ4n) is 4.64. The van der Waals surface area contributed by atoms with Crippen molar-refractivity contribution in [2.45, 2.75) is 18.0 Å². The Morgan fingerprint density at radius 2 is 1.29 bits per heavy atom. The van der Waals surface area contributed by atoms with E-state index in [0.29, 0.717) is 23.4 Å². The van der Waals surface area contributed by atoms with Gasteiger partial charge < -0.3 is 20.1 Å². The van der Waals surface area contributed by atoms with E-state index in [0.717, 1.165) is 16.7 Å². The number of hydrogen-bond acceptors (Lipinski definition) is 6. The Labute approximate surface area is 203 Å². The van der Waals surface area contributed by atoms with Crippen LogP contribution in [0.4, 0.5) is 5.82 Å². The van der Waals surface area contributed by atoms with Gasteiger partial charge in [0, 0.05) is 6.61 Å². The number of fused-ring (bicyclic) bond motifs is 1. The maximum atomic E-state index is 9.87. The Hall–Kier alpha value is -4.07. The van der Waals surface area contributed by atoms with Gasteiger partial charge in [0.1, 0.15) is 17.4 Å². The van der Waals surface area contributed by atoms with Crippen LogP contribution in [0.25, 0.3) is 11.2 Å². The number of benzene rings is 3. The van der Waals surface area contributed by atoms with E-state index in [2.05, 4.69) is 56.7 Å². The summed E-state index contributed by atoms with van der Waals surface area (Å²) in [5.74, 6) is 0.575. The van der Waals surface area contributed by atoms with E-state index in [-0.39, 0.29) is 19.3 Å². The molecule has 7 nitrogen and oxygen atoms in total. The van der Waals surface area contributed by atoms with E-state index >= 15 is 0 Å². The average Bonchev–Trinajstić information content (AvgIpc) is 3.37. The first-order valence-electron chi connectivity index (χ1n) is 11.6. The molecule has 0 saturated heterocycles. The van der Waals surface area contributed by atoms with Gasteiger partial charge in [-0.2, -0.15) is 0 Å². The molecule has 5 rings (SSSR count). The molecule has 0 aliphatic heterocycles. The number of aliphatic hydroxyl groups excluding tert-OH is 2. The first kappa shape index (κ1) is 22.7. The predicted molar refractivity (Wildman–Crippen MR) is 136 cm³/mol. The Morgan fingerprint density at radius 3 is 1.77 bits per heavy atom. The summed E-state index contributed by atoms with van der Waals surface area (Å²) in [5.41, 5.74) is 3.59. The standard InChI is InChI=1S/C28H27N5O2/c34-17-16-24(18-35)33-20-31-25-26(29-19-30-27(25)33)32-28(21-10-4-1-5-11-21,22-12-6-2-7-13-22)23-14-8-3-9-15-23/h1-15,19-20,24,34-35H,16-18H2,(H,29,30,32). The molecule has 0 saturated carbocycles. The maximum Gasteiger partial charge on any atom is 0.165 e. The first-order valence-corrected chi connectivity index (χ1v) is 11.6. The molecule has 2 heterocycles. The van der Waals surface area contributed by atoms with Crippen LogP contribution in [-0.4, -0.2) is 42.9 Å². The zero-order chi connectivity index (χ0) is 24.1. The monoisotopic (exact) mass is 465 g/mol. The second-order valence-electron chi connectivity index (χ2n) is 8.37. The normalized spacial score (nSPS) is 12.5. The van der Waals surface area contributed by atoms with Crippen molar-refractivity contribution in [3.05, 3.63) is 120 Å². The molecule has 1 atom stereocenters. The van der Waals surface area contributed by atoms with Crippen LogP contribution in [0.5, 0.6) is 0 Å². The molecule has 0 aliphatic rings. The molecular formula is C28H27N5O2. The summed E-state index contributed by atoms with van der Waals surface area (Å²) in [4.78, 5) is 13.7. The summed E-state index contributed by atoms with van der Waals surface area (Å²) in [6.07, 6.45) is 3.55. The maximum absolute atomic E-state index is 9.87. The summed E-state index contributed by atoms with van der Waals surface area (Å²) in [5, 5.41) is 23.1. The molecule has 0 aliphatic carbocycles. The molecule has 35 heavy (non-hydrogen) atoms. The third-order valence-electron chi connectivity index (χ3n) is 6.35. The van der Waals surface area contributed by atoms with Crippen LogP contribution in [-0.2, 0) is 5.54 Å². The highest BCUT2D eigenvalue weighted by molar-refractivity contribution is 5.84. The molecule has 0 spiro atoms. The van der Waals surface area contributed by atoms with Gasteiger partial charge in [0.15, 0.2) is 11.5 Å². The largest absolute Gasteiger partial charge is 0.396 e. The van der Waals surface area contributed by atoms with E-state index in [1.54, 1.807) is 10.9 Å². The van der Waals surface area contributed by atoms with Crippen LogP contribution in [0.3, 0.4) is 0 Å². The average molecular weight is 466 g/mol. The van der Waals surface area contributed by atoms with Gasteiger partial charge in [-0.15, -0.1) is 0 Å². The van der Waals surface area contributed by atoms with E-state index < -0.39 is 5.54 Å². The van der Waals surface area contributed by atoms with E-state index in [1.165, 1.54) is 6.33 Å². The first-order chi connectivity index (χ1) is 17.3. The lowest BCUT2D eigenvalue weighted by molar-refractivity contribution is 0.188. The second-order valence-corrected chi connectivity index (χ2v) is 8.37. The lowest BCUT2D eigenvalue weighted by Crippen LogP contribution is -2.38. The van der Waals surface area contributed by atoms with Gasteiger partial charge in [0.25, 0.3) is 0 Å². The fraction of sp³-hybridized carbons (Fsp3) is 0.179. The van der Waals surface area contributed by atoms with Crippen molar-refractivity contribution in [2.24, 2.45) is 0 Å². The molecule has 3 aromatic carbocycles. The van der Waals surface area contributed by atoms with Crippen molar-refractivity contribution in [2.75, 3.05) is 18.5 Å². The van der Waals surface area contributed by atoms with Crippen LogP contribution in [0, 0.1) is 0 Å². The topological polar surface area (TPSA) is 96.1 Å². The van der Waals surface area contributed by atoms with Crippen molar-refractivity contribution in [3.8, 4) is 0 Å². The molecule has 3 N–H and O–H groups in total. The highest BCUT2D eigenvalue weighted by atomic mass is 16.3. The number of nitrogens with one attached hydrogen (secondary N) is 1. The fourth-order valence-corrected chi connectivity index (χ4v) is 4.64. The van der Waals surface area contributed by atoms with Crippen LogP contribution in [0.15, 0.2) is 104 Å². The number of aliphatic hydroxyl groups is 2. The Balaban J connectivity index is 1.73. The zero-order valence-corrected chi connectivity index (χ0v) is 19.2. The van der Waals surface area contributed by atoms with Crippen LogP contribution < -0.4 is 5.32 Å². The van der Waals surface area contributed by atoms with Gasteiger partial charge >= 0.3 is 0 Å². The van der Waals surface area contributed by atoms with Gasteiger partial charge in [-0.1, -0.05) is 91.0 Å². The highest BCUT2D eigenvalue weighted by Crippen LogP contribution is 2.40. The van der Waals surface area contributed by atoms with Crippen molar-refractivity contribution >= 4 is 17.0 Å². The minimum absolute atomic E-state index is 0.0414. The number of imidazole rings is 1. The molecule has 0 bridgehead atoms. The quantitative estimate of drug-likeness (QED) is 0.283. The number of aromatic nitrogens is 4. The smallest absolute Gasteiger partial charge is 0.165 e. The van der Waals surface area contributed by atoms with Gasteiger partial charge in [-0.25, -0.2) is 15.0 Å². The van der Waals surface area contributed by atoms with Crippen molar-refractivity contribution < 1.29 is 10.2 Å². The number of nitrogens with zero attached hydrogens (tertiary/aromatic N) is 4. The molecule has 2 aromatic heterocycles. The molecule has 0 fully saturated rings. The predicted octanol–water partition coefficient (Wildman–Crippen LogP) is 4.15. The SMILES string of the molecule is OCCC(CO)n1cnc2c(NC(c3ccccc3)(c3ccccc3)c3ccccc3)ncnc21. The number of rotatable bonds is 9. The van der Waals surface area contributed by atoms with E-state index in [4.69, 9.17) is 0 Å². The van der Waals surface area contributed by atoms with Crippen molar-refractivity contribution in [1.82, 2.24) is 19.5 Å². The lowest BCUT2D eigenvalue weighted by atomic mass is 9.77. The Morgan fingerprint density at radius 1 is 0.743 bits per heavy atom. The molecule has 7 heteroatoms. The summed E-state index contributed by atoms with van der Waals surface area (Å²) in [6.45, 7) is -0.166. The second kappa shape index (κ2) is 10.0. The molecular weight excluding hydrogens is 438 g/mol. The minimum atomic E-state index is -0.754. The van der Waals surface area contributed by atoms with Crippen LogP contribution in [0.1, 0.15) is 29.2 Å². The highest BCUT2D eigenvalue weighted by Gasteiger charge is 2.37. The number of anilines is 1. The third kappa shape index (κ3) is 4.16. The number of hydrogen-bond donors (Lipinski definition) is 3. The summed E-state index contributed by atoms with van der Waals surface area (Å²) in [7, 11) is 0. The molecule has 176 valence electrons. The Kier molecular flexibility index (Phi) is 6.52. The molecule has 5 aromatic rings. The zero-order valence-electron chi connectivity index (χ0n) is 19.2. The summed E-state index contributed by atoms with van der Waals surface area (Å²) >= 11 is 0. The summed E-state index contributed by atoms with van der Waals surface area (Å²) < 4.78 is 1.80. The van der Waals surface area contributed by atoms with Gasteiger partial charge in [-0.05, 0) is 23.1 Å². The van der Waals surface area contributed by atoms with Gasteiger partial charge in [0.05, 0.1) is 19.0 Å². The Bertz CT molecular complexity index is 1280. The molecule has 0 amide bonds. The third-order valence-corrected chi connectivity index (χ3v) is 6.35. The van der Waals surface area contributed by atoms with Crippen molar-refractivity contribution in [3.63, 3.8) is 0 Å². The van der Waals surface area contributed by atoms with Gasteiger partial charge in [-0.3, -0.25) is 0 Å². The lowest BCUT2D eigenvalue weighted by Gasteiger charge is -2.37. The van der Waals surface area contributed by atoms with Crippen LogP contribution in [0.2, 0.25) is 0 Å². The summed E-state index contributed by atoms with van der Waals surface area (Å²) in [6, 6.07) is 30.5. The van der Waals surface area contributed by atoms with Crippen molar-refractivity contribution in [1.29, 1.82) is 0 Å². The van der Waals surface area contributed by atoms with E-state index in [9.17, 15) is 10.2 Å².